The lowest BCUT2D eigenvalue weighted by Gasteiger charge is -2.21. The lowest BCUT2D eigenvalue weighted by atomic mass is 10.0. The van der Waals surface area contributed by atoms with Gasteiger partial charge in [-0.1, -0.05) is 19.0 Å². The summed E-state index contributed by atoms with van der Waals surface area (Å²) in [6.45, 7) is 5.59. The van der Waals surface area contributed by atoms with Crippen LogP contribution in [0.15, 0.2) is 27.3 Å². The summed E-state index contributed by atoms with van der Waals surface area (Å²) in [5.74, 6) is 1.48. The van der Waals surface area contributed by atoms with Gasteiger partial charge in [-0.3, -0.25) is 4.79 Å². The van der Waals surface area contributed by atoms with Gasteiger partial charge in [-0.15, -0.1) is 0 Å². The number of nitrogens with zero attached hydrogens (tertiary/aromatic N) is 2. The highest BCUT2D eigenvalue weighted by atomic mass is 16.5. The van der Waals surface area contributed by atoms with E-state index in [1.54, 1.807) is 19.1 Å². The number of carbonyl (C=O) groups excluding carboxylic acids is 1. The molecule has 2 aromatic heterocycles. The highest BCUT2D eigenvalue weighted by Crippen LogP contribution is 2.19. The summed E-state index contributed by atoms with van der Waals surface area (Å²) >= 11 is 0. The molecule has 2 heterocycles. The van der Waals surface area contributed by atoms with Gasteiger partial charge < -0.3 is 19.4 Å². The van der Waals surface area contributed by atoms with Crippen molar-refractivity contribution in [2.45, 2.75) is 45.1 Å². The van der Waals surface area contributed by atoms with Crippen molar-refractivity contribution >= 4 is 5.91 Å². The van der Waals surface area contributed by atoms with Crippen molar-refractivity contribution in [2.75, 3.05) is 6.54 Å². The molecule has 0 fully saturated rings. The smallest absolute Gasteiger partial charge is 0.227 e. The Labute approximate surface area is 128 Å². The number of hydrogen-bond donors (Lipinski definition) is 2. The zero-order valence-corrected chi connectivity index (χ0v) is 13.0. The minimum atomic E-state index is -1.24. The maximum atomic E-state index is 11.8. The Hall–Kier alpha value is -2.15. The van der Waals surface area contributed by atoms with E-state index >= 15 is 0 Å². The van der Waals surface area contributed by atoms with Gasteiger partial charge in [0.2, 0.25) is 11.8 Å². The van der Waals surface area contributed by atoms with Crippen LogP contribution >= 0.6 is 0 Å². The number of aliphatic hydroxyl groups is 1. The number of aromatic nitrogens is 2. The quantitative estimate of drug-likeness (QED) is 0.808. The van der Waals surface area contributed by atoms with Crippen molar-refractivity contribution in [3.63, 3.8) is 0 Å². The molecular weight excluding hydrogens is 286 g/mol. The molecule has 0 aromatic carbocycles. The van der Waals surface area contributed by atoms with Crippen LogP contribution in [0.5, 0.6) is 0 Å². The Kier molecular flexibility index (Phi) is 4.97. The third-order valence-corrected chi connectivity index (χ3v) is 3.25. The highest BCUT2D eigenvalue weighted by molar-refractivity contribution is 5.76. The normalized spacial score (nSPS) is 14.0. The molecule has 2 rings (SSSR count). The first-order valence-corrected chi connectivity index (χ1v) is 7.24. The number of amides is 1. The molecule has 2 N–H and O–H groups in total. The van der Waals surface area contributed by atoms with Crippen molar-refractivity contribution in [3.8, 4) is 0 Å². The van der Waals surface area contributed by atoms with Gasteiger partial charge in [-0.2, -0.15) is 4.98 Å². The average molecular weight is 307 g/mol. The van der Waals surface area contributed by atoms with Gasteiger partial charge in [0.15, 0.2) is 5.82 Å². The predicted octanol–water partition coefficient (Wildman–Crippen LogP) is 1.74. The number of hydrogen-bond acceptors (Lipinski definition) is 6. The minimum absolute atomic E-state index is 0.0699. The molecule has 1 atom stereocenters. The fraction of sp³-hybridized carbons (Fsp3) is 0.533. The molecule has 1 unspecified atom stereocenters. The number of rotatable bonds is 7. The van der Waals surface area contributed by atoms with Crippen LogP contribution in [0.2, 0.25) is 0 Å². The van der Waals surface area contributed by atoms with E-state index in [4.69, 9.17) is 8.94 Å². The monoisotopic (exact) mass is 307 g/mol. The van der Waals surface area contributed by atoms with Crippen molar-refractivity contribution in [3.05, 3.63) is 35.9 Å². The van der Waals surface area contributed by atoms with Gasteiger partial charge in [0.1, 0.15) is 11.4 Å². The van der Waals surface area contributed by atoms with E-state index in [9.17, 15) is 9.90 Å². The van der Waals surface area contributed by atoms with Crippen molar-refractivity contribution in [1.82, 2.24) is 15.5 Å². The first-order chi connectivity index (χ1) is 10.4. The Morgan fingerprint density at radius 3 is 2.86 bits per heavy atom. The summed E-state index contributed by atoms with van der Waals surface area (Å²) < 4.78 is 10.2. The van der Waals surface area contributed by atoms with Crippen molar-refractivity contribution < 1.29 is 18.8 Å². The molecule has 0 spiro atoms. The third-order valence-electron chi connectivity index (χ3n) is 3.25. The molecule has 0 radical (unpaired) electrons. The average Bonchev–Trinajstić information content (AvgIpc) is 3.13. The molecule has 0 bridgehead atoms. The van der Waals surface area contributed by atoms with E-state index in [1.807, 2.05) is 13.8 Å². The second-order valence-electron chi connectivity index (χ2n) is 5.73. The van der Waals surface area contributed by atoms with Crippen LogP contribution < -0.4 is 5.32 Å². The maximum Gasteiger partial charge on any atom is 0.227 e. The van der Waals surface area contributed by atoms with Crippen LogP contribution in [0.3, 0.4) is 0 Å². The van der Waals surface area contributed by atoms with Crippen LogP contribution in [-0.4, -0.2) is 27.7 Å². The predicted molar refractivity (Wildman–Crippen MR) is 78.0 cm³/mol. The van der Waals surface area contributed by atoms with Crippen LogP contribution in [0, 0.1) is 0 Å². The second kappa shape index (κ2) is 6.74. The first kappa shape index (κ1) is 16.2. The molecule has 7 heteroatoms. The van der Waals surface area contributed by atoms with Crippen LogP contribution in [0.25, 0.3) is 0 Å². The summed E-state index contributed by atoms with van der Waals surface area (Å²) in [6.07, 6.45) is 2.07. The molecule has 0 aliphatic carbocycles. The maximum absolute atomic E-state index is 11.8. The zero-order valence-electron chi connectivity index (χ0n) is 13.0. The van der Waals surface area contributed by atoms with Gasteiger partial charge in [0, 0.05) is 18.8 Å². The largest absolute Gasteiger partial charge is 0.466 e. The fourth-order valence-electron chi connectivity index (χ4n) is 1.86. The lowest BCUT2D eigenvalue weighted by Crippen LogP contribution is -2.38. The van der Waals surface area contributed by atoms with E-state index in [2.05, 4.69) is 15.5 Å². The Balaban J connectivity index is 1.78. The van der Waals surface area contributed by atoms with Gasteiger partial charge in [0.25, 0.3) is 0 Å². The molecule has 7 nitrogen and oxygen atoms in total. The SMILES string of the molecule is CC(C)c1noc(CCC(=O)NCC(C)(O)c2ccco2)n1. The van der Waals surface area contributed by atoms with Crippen LogP contribution in [0.4, 0.5) is 0 Å². The molecule has 2 aromatic rings. The second-order valence-corrected chi connectivity index (χ2v) is 5.73. The van der Waals surface area contributed by atoms with Gasteiger partial charge in [-0.05, 0) is 19.1 Å². The van der Waals surface area contributed by atoms with Crippen LogP contribution in [-0.2, 0) is 16.8 Å². The summed E-state index contributed by atoms with van der Waals surface area (Å²) in [6, 6.07) is 3.35. The highest BCUT2D eigenvalue weighted by Gasteiger charge is 2.26. The molecule has 0 aliphatic heterocycles. The Morgan fingerprint density at radius 1 is 1.50 bits per heavy atom. The number of furan rings is 1. The van der Waals surface area contributed by atoms with Gasteiger partial charge >= 0.3 is 0 Å². The van der Waals surface area contributed by atoms with E-state index in [0.717, 1.165) is 0 Å². The molecule has 0 saturated heterocycles. The number of nitrogens with one attached hydrogen (secondary N) is 1. The lowest BCUT2D eigenvalue weighted by molar-refractivity contribution is -0.122. The Bertz CT molecular complexity index is 602. The third kappa shape index (κ3) is 4.17. The zero-order chi connectivity index (χ0) is 16.2. The van der Waals surface area contributed by atoms with E-state index in [0.29, 0.717) is 23.9 Å². The molecule has 0 aliphatic rings. The summed E-state index contributed by atoms with van der Waals surface area (Å²) in [7, 11) is 0. The summed E-state index contributed by atoms with van der Waals surface area (Å²) in [5, 5.41) is 16.7. The molecule has 0 saturated carbocycles. The van der Waals surface area contributed by atoms with Gasteiger partial charge in [-0.25, -0.2) is 0 Å². The molecule has 22 heavy (non-hydrogen) atoms. The summed E-state index contributed by atoms with van der Waals surface area (Å²) in [5.41, 5.74) is -1.24. The van der Waals surface area contributed by atoms with E-state index < -0.39 is 5.60 Å². The van der Waals surface area contributed by atoms with Crippen molar-refractivity contribution in [2.24, 2.45) is 0 Å². The standard InChI is InChI=1S/C15H21N3O4/c1-10(2)14-17-13(22-18-14)7-6-12(19)16-9-15(3,20)11-5-4-8-21-11/h4-5,8,10,20H,6-7,9H2,1-3H3,(H,16,19). The van der Waals surface area contributed by atoms with Gasteiger partial charge in [0.05, 0.1) is 12.8 Å². The fourth-order valence-corrected chi connectivity index (χ4v) is 1.86. The van der Waals surface area contributed by atoms with Crippen molar-refractivity contribution in [1.29, 1.82) is 0 Å². The van der Waals surface area contributed by atoms with E-state index in [1.165, 1.54) is 6.26 Å². The minimum Gasteiger partial charge on any atom is -0.466 e. The Morgan fingerprint density at radius 2 is 2.27 bits per heavy atom. The molecular formula is C15H21N3O4. The topological polar surface area (TPSA) is 101 Å². The first-order valence-electron chi connectivity index (χ1n) is 7.24. The van der Waals surface area contributed by atoms with E-state index in [-0.39, 0.29) is 24.8 Å². The molecule has 1 amide bonds. The molecule has 120 valence electrons. The number of carbonyl (C=O) groups is 1. The van der Waals surface area contributed by atoms with Crippen LogP contribution in [0.1, 0.15) is 50.6 Å². The number of aryl methyl sites for hydroxylation is 1. The summed E-state index contributed by atoms with van der Waals surface area (Å²) in [4.78, 5) is 16.0.